The third-order valence-electron chi connectivity index (χ3n) is 11.9. The summed E-state index contributed by atoms with van der Waals surface area (Å²) in [6, 6.07) is 25.9. The Hall–Kier alpha value is -3.40. The van der Waals surface area contributed by atoms with E-state index in [1.54, 1.807) is 14.2 Å². The normalized spacial score (nSPS) is 20.7. The molecule has 1 saturated heterocycles. The lowest BCUT2D eigenvalue weighted by Gasteiger charge is -2.56. The Kier molecular flexibility index (Phi) is 16.1. The van der Waals surface area contributed by atoms with Gasteiger partial charge in [0.15, 0.2) is 23.0 Å². The summed E-state index contributed by atoms with van der Waals surface area (Å²) < 4.78 is 23.6. The SMILES string of the molecule is COC1=CC2[C@@H]3Cc4ccc(OC)c(OCCCCCCOC(=O)CCCCC(CCSCc5ccccc5)SCc5ccccc5)c4[C@]2(CCN3C)CC1=O. The molecule has 2 unspecified atom stereocenters. The van der Waals surface area contributed by atoms with Crippen molar-refractivity contribution in [3.63, 3.8) is 0 Å². The number of ether oxygens (including phenoxy) is 4. The summed E-state index contributed by atoms with van der Waals surface area (Å²) in [5, 5.41) is 0.586. The third kappa shape index (κ3) is 11.0. The number of esters is 1. The summed E-state index contributed by atoms with van der Waals surface area (Å²) in [5.74, 6) is 5.42. The number of likely N-dealkylation sites (N-methyl/N-ethyl adjacent to an activating group) is 1. The number of allylic oxidation sites excluding steroid dienone is 1. The minimum absolute atomic E-state index is 0.0663. The summed E-state index contributed by atoms with van der Waals surface area (Å²) in [6.45, 7) is 1.98. The van der Waals surface area contributed by atoms with Gasteiger partial charge in [0, 0.05) is 52.5 Å². The average molecular weight is 800 g/mol. The number of fused-ring (bicyclic) bond motifs is 1. The molecule has 4 atom stereocenters. The Morgan fingerprint density at radius 2 is 1.59 bits per heavy atom. The first kappa shape index (κ1) is 42.2. The maximum Gasteiger partial charge on any atom is 0.305 e. The van der Waals surface area contributed by atoms with Gasteiger partial charge in [-0.1, -0.05) is 73.2 Å². The molecule has 3 aromatic rings. The number of ketones is 1. The second-order valence-corrected chi connectivity index (χ2v) is 18.0. The molecule has 2 bridgehead atoms. The predicted molar refractivity (Wildman–Crippen MR) is 230 cm³/mol. The molecule has 0 amide bonds. The third-order valence-corrected chi connectivity index (χ3v) is 14.4. The topological polar surface area (TPSA) is 74.3 Å². The van der Waals surface area contributed by atoms with E-state index in [0.29, 0.717) is 43.1 Å². The lowest BCUT2D eigenvalue weighted by atomic mass is 9.53. The van der Waals surface area contributed by atoms with E-state index in [9.17, 15) is 9.59 Å². The van der Waals surface area contributed by atoms with Crippen LogP contribution in [-0.2, 0) is 42.4 Å². The van der Waals surface area contributed by atoms with E-state index in [1.807, 2.05) is 17.8 Å². The molecular formula is C47H61NO6S2. The van der Waals surface area contributed by atoms with Crippen LogP contribution < -0.4 is 9.47 Å². The van der Waals surface area contributed by atoms with E-state index in [1.165, 1.54) is 23.1 Å². The number of nitrogens with zero attached hydrogens (tertiary/aromatic N) is 1. The molecule has 1 heterocycles. The van der Waals surface area contributed by atoms with Crippen molar-refractivity contribution in [2.24, 2.45) is 5.92 Å². The number of carbonyl (C=O) groups excluding carboxylic acids is 2. The standard InChI is InChI=1S/C47H61NO6S2/c1-48-26-25-47-32-41(49)43(52-3)31-39(47)40(48)30-37-22-23-42(51-2)46(45(37)47)54-28-15-5-4-14-27-53-44(50)21-13-12-20-38(56-34-36-18-10-7-11-19-36)24-29-55-33-35-16-8-6-9-17-35/h6-11,16-19,22-23,31,38-40H,4-5,12-15,20-21,24-30,32-34H2,1-3H3/t38?,39?,40-,47+/m0/s1. The van der Waals surface area contributed by atoms with Crippen LogP contribution in [0.15, 0.2) is 84.6 Å². The van der Waals surface area contributed by atoms with E-state index in [4.69, 9.17) is 18.9 Å². The summed E-state index contributed by atoms with van der Waals surface area (Å²) >= 11 is 4.07. The van der Waals surface area contributed by atoms with Crippen molar-refractivity contribution in [3.05, 3.63) is 107 Å². The number of Topliss-reactive ketones (excluding diaryl/α,β-unsaturated/α-hetero) is 1. The van der Waals surface area contributed by atoms with Crippen LogP contribution in [0, 0.1) is 5.92 Å². The highest BCUT2D eigenvalue weighted by Crippen LogP contribution is 2.58. The summed E-state index contributed by atoms with van der Waals surface area (Å²) in [4.78, 5) is 28.3. The Morgan fingerprint density at radius 3 is 2.32 bits per heavy atom. The molecule has 1 aliphatic heterocycles. The largest absolute Gasteiger partial charge is 0.493 e. The van der Waals surface area contributed by atoms with Crippen LogP contribution in [0.2, 0.25) is 0 Å². The maximum atomic E-state index is 13.3. The van der Waals surface area contributed by atoms with Gasteiger partial charge >= 0.3 is 5.97 Å². The molecule has 56 heavy (non-hydrogen) atoms. The highest BCUT2D eigenvalue weighted by Gasteiger charge is 2.56. The molecule has 0 saturated carbocycles. The van der Waals surface area contributed by atoms with Crippen molar-refractivity contribution >= 4 is 35.3 Å². The molecule has 302 valence electrons. The maximum absolute atomic E-state index is 13.3. The molecule has 3 aromatic carbocycles. The number of rotatable bonds is 23. The van der Waals surface area contributed by atoms with Crippen molar-refractivity contribution in [2.45, 2.75) is 105 Å². The van der Waals surface area contributed by atoms with Crippen LogP contribution in [-0.4, -0.2) is 74.7 Å². The summed E-state index contributed by atoms with van der Waals surface area (Å²) in [5.41, 5.74) is 4.86. The number of carbonyl (C=O) groups is 2. The first-order chi connectivity index (χ1) is 27.4. The molecule has 0 spiro atoms. The molecule has 9 heteroatoms. The van der Waals surface area contributed by atoms with Crippen molar-refractivity contribution in [3.8, 4) is 11.5 Å². The highest BCUT2D eigenvalue weighted by molar-refractivity contribution is 7.99. The van der Waals surface area contributed by atoms with Crippen LogP contribution >= 0.6 is 23.5 Å². The Morgan fingerprint density at radius 1 is 0.857 bits per heavy atom. The van der Waals surface area contributed by atoms with Gasteiger partial charge in [-0.25, -0.2) is 0 Å². The van der Waals surface area contributed by atoms with Gasteiger partial charge in [0.25, 0.3) is 0 Å². The van der Waals surface area contributed by atoms with Gasteiger partial charge in [-0.05, 0) is 106 Å². The summed E-state index contributed by atoms with van der Waals surface area (Å²) in [6.07, 6.45) is 12.7. The van der Waals surface area contributed by atoms with Crippen molar-refractivity contribution in [1.82, 2.24) is 4.90 Å². The molecule has 0 N–H and O–H groups in total. The van der Waals surface area contributed by atoms with Crippen LogP contribution in [0.25, 0.3) is 0 Å². The number of hydrogen-bond acceptors (Lipinski definition) is 9. The Labute approximate surface area is 343 Å². The van der Waals surface area contributed by atoms with Crippen molar-refractivity contribution in [2.75, 3.05) is 46.8 Å². The van der Waals surface area contributed by atoms with Crippen LogP contribution in [0.4, 0.5) is 0 Å². The predicted octanol–water partition coefficient (Wildman–Crippen LogP) is 9.98. The average Bonchev–Trinajstić information content (AvgIpc) is 3.22. The minimum Gasteiger partial charge on any atom is -0.493 e. The van der Waals surface area contributed by atoms with Crippen LogP contribution in [0.1, 0.15) is 92.9 Å². The van der Waals surface area contributed by atoms with Gasteiger partial charge in [-0.3, -0.25) is 9.59 Å². The lowest BCUT2D eigenvalue weighted by molar-refractivity contribution is -0.143. The van der Waals surface area contributed by atoms with Gasteiger partial charge in [-0.15, -0.1) is 0 Å². The molecule has 0 radical (unpaired) electrons. The minimum atomic E-state index is -0.317. The van der Waals surface area contributed by atoms with E-state index in [-0.39, 0.29) is 23.1 Å². The zero-order chi connectivity index (χ0) is 39.2. The highest BCUT2D eigenvalue weighted by atomic mass is 32.2. The summed E-state index contributed by atoms with van der Waals surface area (Å²) in [7, 11) is 5.48. The van der Waals surface area contributed by atoms with Crippen LogP contribution in [0.5, 0.6) is 11.5 Å². The number of likely N-dealkylation sites (tertiary alicyclic amines) is 1. The van der Waals surface area contributed by atoms with E-state index in [2.05, 4.69) is 96.5 Å². The Balaban J connectivity index is 0.891. The molecule has 7 nitrogen and oxygen atoms in total. The van der Waals surface area contributed by atoms with Gasteiger partial charge < -0.3 is 23.8 Å². The number of unbranched alkanes of at least 4 members (excludes halogenated alkanes) is 4. The quantitative estimate of drug-likeness (QED) is 0.0689. The molecule has 0 aromatic heterocycles. The molecule has 2 aliphatic carbocycles. The Bertz CT molecular complexity index is 1740. The first-order valence-corrected chi connectivity index (χ1v) is 22.9. The molecular weight excluding hydrogens is 739 g/mol. The van der Waals surface area contributed by atoms with Gasteiger partial charge in [0.2, 0.25) is 0 Å². The number of thioether (sulfide) groups is 2. The number of piperidine rings is 1. The van der Waals surface area contributed by atoms with E-state index >= 15 is 0 Å². The van der Waals surface area contributed by atoms with Crippen molar-refractivity contribution < 1.29 is 28.5 Å². The van der Waals surface area contributed by atoms with Gasteiger partial charge in [0.1, 0.15) is 0 Å². The zero-order valence-electron chi connectivity index (χ0n) is 33.7. The fraction of sp³-hybridized carbons (Fsp3) is 0.532. The van der Waals surface area contributed by atoms with Crippen molar-refractivity contribution in [1.29, 1.82) is 0 Å². The molecule has 1 fully saturated rings. The van der Waals surface area contributed by atoms with Gasteiger partial charge in [-0.2, -0.15) is 23.5 Å². The lowest BCUT2D eigenvalue weighted by Crippen LogP contribution is -2.60. The molecule has 6 rings (SSSR count). The fourth-order valence-corrected chi connectivity index (χ4v) is 11.3. The first-order valence-electron chi connectivity index (χ1n) is 20.7. The number of benzene rings is 3. The number of hydrogen-bond donors (Lipinski definition) is 0. The zero-order valence-corrected chi connectivity index (χ0v) is 35.3. The molecule has 3 aliphatic rings. The van der Waals surface area contributed by atoms with E-state index < -0.39 is 0 Å². The number of methoxy groups -OCH3 is 2. The fourth-order valence-electron chi connectivity index (χ4n) is 8.86. The second-order valence-electron chi connectivity index (χ2n) is 15.6. The second kappa shape index (κ2) is 21.4. The smallest absolute Gasteiger partial charge is 0.305 e. The van der Waals surface area contributed by atoms with E-state index in [0.717, 1.165) is 98.7 Å². The van der Waals surface area contributed by atoms with Gasteiger partial charge in [0.05, 0.1) is 27.4 Å². The van der Waals surface area contributed by atoms with Crippen LogP contribution in [0.3, 0.4) is 0 Å². The monoisotopic (exact) mass is 799 g/mol.